The molecule has 0 aliphatic rings. The molecule has 1 atom stereocenters. The molecule has 6 nitrogen and oxygen atoms in total. The minimum atomic E-state index is -0.921. The fraction of sp³-hybridized carbons (Fsp3) is 0.130. The monoisotopic (exact) mass is 391 g/mol. The van der Waals surface area contributed by atoms with Crippen molar-refractivity contribution in [3.63, 3.8) is 0 Å². The minimum Gasteiger partial charge on any atom is -0.497 e. The Hall–Kier alpha value is -3.80. The SMILES string of the molecule is COC(=O)c1cccc(O[C@@H](C(=O)Nc2cccc(OC)c2)c2ccccc2)c1. The number of anilines is 1. The highest BCUT2D eigenvalue weighted by Gasteiger charge is 2.23. The van der Waals surface area contributed by atoms with Crippen LogP contribution in [0.4, 0.5) is 5.69 Å². The third-order valence-electron chi connectivity index (χ3n) is 4.19. The Morgan fingerprint density at radius 3 is 2.28 bits per heavy atom. The third-order valence-corrected chi connectivity index (χ3v) is 4.19. The molecular weight excluding hydrogens is 370 g/mol. The predicted octanol–water partition coefficient (Wildman–Crippen LogP) is 4.24. The molecule has 29 heavy (non-hydrogen) atoms. The number of ether oxygens (including phenoxy) is 3. The summed E-state index contributed by atoms with van der Waals surface area (Å²) < 4.78 is 15.9. The molecule has 6 heteroatoms. The zero-order valence-corrected chi connectivity index (χ0v) is 16.1. The van der Waals surface area contributed by atoms with Crippen LogP contribution in [-0.2, 0) is 9.53 Å². The lowest BCUT2D eigenvalue weighted by Gasteiger charge is -2.20. The Bertz CT molecular complexity index is 987. The number of esters is 1. The van der Waals surface area contributed by atoms with Crippen molar-refractivity contribution in [2.45, 2.75) is 6.10 Å². The van der Waals surface area contributed by atoms with E-state index in [1.807, 2.05) is 18.2 Å². The van der Waals surface area contributed by atoms with Crippen LogP contribution in [0.3, 0.4) is 0 Å². The van der Waals surface area contributed by atoms with Crippen molar-refractivity contribution < 1.29 is 23.8 Å². The smallest absolute Gasteiger partial charge is 0.337 e. The highest BCUT2D eigenvalue weighted by molar-refractivity contribution is 5.95. The Kier molecular flexibility index (Phi) is 6.47. The molecule has 148 valence electrons. The first-order valence-corrected chi connectivity index (χ1v) is 8.95. The summed E-state index contributed by atoms with van der Waals surface area (Å²) in [6.45, 7) is 0. The molecule has 0 saturated carbocycles. The normalized spacial score (nSPS) is 11.2. The number of hydrogen-bond acceptors (Lipinski definition) is 5. The molecule has 0 radical (unpaired) electrons. The maximum Gasteiger partial charge on any atom is 0.337 e. The van der Waals surface area contributed by atoms with Crippen LogP contribution in [-0.4, -0.2) is 26.1 Å². The topological polar surface area (TPSA) is 73.9 Å². The van der Waals surface area contributed by atoms with E-state index in [1.165, 1.54) is 7.11 Å². The van der Waals surface area contributed by atoms with Gasteiger partial charge in [0.1, 0.15) is 11.5 Å². The molecule has 0 spiro atoms. The molecule has 0 bridgehead atoms. The van der Waals surface area contributed by atoms with Gasteiger partial charge in [0.2, 0.25) is 6.10 Å². The van der Waals surface area contributed by atoms with Crippen LogP contribution in [0.15, 0.2) is 78.9 Å². The summed E-state index contributed by atoms with van der Waals surface area (Å²) in [5.74, 6) is 0.175. The van der Waals surface area contributed by atoms with E-state index in [0.717, 1.165) is 0 Å². The molecule has 3 aromatic carbocycles. The van der Waals surface area contributed by atoms with E-state index < -0.39 is 12.1 Å². The Labute approximate surface area is 169 Å². The molecule has 0 heterocycles. The van der Waals surface area contributed by atoms with Gasteiger partial charge in [-0.3, -0.25) is 4.79 Å². The lowest BCUT2D eigenvalue weighted by molar-refractivity contribution is -0.123. The summed E-state index contributed by atoms with van der Waals surface area (Å²) in [5.41, 5.74) is 1.60. The quantitative estimate of drug-likeness (QED) is 0.610. The van der Waals surface area contributed by atoms with Gasteiger partial charge in [0.15, 0.2) is 0 Å². The molecule has 3 aromatic rings. The minimum absolute atomic E-state index is 0.338. The largest absolute Gasteiger partial charge is 0.497 e. The summed E-state index contributed by atoms with van der Waals surface area (Å²) in [4.78, 5) is 24.8. The average Bonchev–Trinajstić information content (AvgIpc) is 2.77. The van der Waals surface area contributed by atoms with Crippen molar-refractivity contribution in [2.75, 3.05) is 19.5 Å². The van der Waals surface area contributed by atoms with Crippen LogP contribution < -0.4 is 14.8 Å². The maximum absolute atomic E-state index is 13.0. The van der Waals surface area contributed by atoms with Crippen molar-refractivity contribution >= 4 is 17.6 Å². The second-order valence-corrected chi connectivity index (χ2v) is 6.15. The van der Waals surface area contributed by atoms with E-state index >= 15 is 0 Å². The van der Waals surface area contributed by atoms with Crippen molar-refractivity contribution in [3.05, 3.63) is 90.0 Å². The zero-order chi connectivity index (χ0) is 20.6. The number of amides is 1. The molecule has 0 unspecified atom stereocenters. The van der Waals surface area contributed by atoms with Crippen LogP contribution in [0.1, 0.15) is 22.0 Å². The van der Waals surface area contributed by atoms with E-state index in [0.29, 0.717) is 28.3 Å². The average molecular weight is 391 g/mol. The van der Waals surface area contributed by atoms with Crippen molar-refractivity contribution in [3.8, 4) is 11.5 Å². The summed E-state index contributed by atoms with van der Waals surface area (Å²) in [6, 6.07) is 22.7. The standard InChI is InChI=1S/C23H21NO5/c1-27-19-12-7-11-18(15-19)24-22(25)21(16-8-4-3-5-9-16)29-20-13-6-10-17(14-20)23(26)28-2/h3-15,21H,1-2H3,(H,24,25)/t21-/m1/s1. The van der Waals surface area contributed by atoms with Gasteiger partial charge in [-0.05, 0) is 30.3 Å². The fourth-order valence-corrected chi connectivity index (χ4v) is 2.76. The highest BCUT2D eigenvalue weighted by Crippen LogP contribution is 2.25. The van der Waals surface area contributed by atoms with Gasteiger partial charge < -0.3 is 19.5 Å². The number of nitrogens with one attached hydrogen (secondary N) is 1. The van der Waals surface area contributed by atoms with E-state index in [1.54, 1.807) is 67.8 Å². The number of carbonyl (C=O) groups is 2. The Balaban J connectivity index is 1.87. The van der Waals surface area contributed by atoms with E-state index in [-0.39, 0.29) is 5.91 Å². The number of benzene rings is 3. The first-order valence-electron chi connectivity index (χ1n) is 8.95. The molecule has 0 aliphatic carbocycles. The molecule has 0 aliphatic heterocycles. The third kappa shape index (κ3) is 5.13. The Morgan fingerprint density at radius 1 is 0.828 bits per heavy atom. The van der Waals surface area contributed by atoms with Gasteiger partial charge in [-0.1, -0.05) is 42.5 Å². The zero-order valence-electron chi connectivity index (χ0n) is 16.1. The molecule has 0 saturated heterocycles. The molecular formula is C23H21NO5. The second-order valence-electron chi connectivity index (χ2n) is 6.15. The first kappa shape index (κ1) is 19.9. The van der Waals surface area contributed by atoms with Crippen LogP contribution in [0.5, 0.6) is 11.5 Å². The summed E-state index contributed by atoms with van der Waals surface area (Å²) in [5, 5.41) is 2.85. The van der Waals surface area contributed by atoms with Crippen molar-refractivity contribution in [1.29, 1.82) is 0 Å². The first-order chi connectivity index (χ1) is 14.1. The Morgan fingerprint density at radius 2 is 1.55 bits per heavy atom. The summed E-state index contributed by atoms with van der Waals surface area (Å²) in [7, 11) is 2.87. The maximum atomic E-state index is 13.0. The van der Waals surface area contributed by atoms with Gasteiger partial charge in [0.25, 0.3) is 5.91 Å². The lowest BCUT2D eigenvalue weighted by atomic mass is 10.1. The van der Waals surface area contributed by atoms with E-state index in [4.69, 9.17) is 14.2 Å². The second kappa shape index (κ2) is 9.41. The van der Waals surface area contributed by atoms with Gasteiger partial charge in [0.05, 0.1) is 19.8 Å². The van der Waals surface area contributed by atoms with Crippen LogP contribution >= 0.6 is 0 Å². The highest BCUT2D eigenvalue weighted by atomic mass is 16.5. The fourth-order valence-electron chi connectivity index (χ4n) is 2.76. The summed E-state index contributed by atoms with van der Waals surface area (Å²) in [6.07, 6.45) is -0.921. The number of methoxy groups -OCH3 is 2. The summed E-state index contributed by atoms with van der Waals surface area (Å²) >= 11 is 0. The molecule has 0 fully saturated rings. The molecule has 1 N–H and O–H groups in total. The number of hydrogen-bond donors (Lipinski definition) is 1. The number of carbonyl (C=O) groups excluding carboxylic acids is 2. The molecule has 3 rings (SSSR count). The van der Waals surface area contributed by atoms with Gasteiger partial charge in [-0.25, -0.2) is 4.79 Å². The van der Waals surface area contributed by atoms with E-state index in [9.17, 15) is 9.59 Å². The molecule has 0 aromatic heterocycles. The van der Waals surface area contributed by atoms with Gasteiger partial charge in [0, 0.05) is 17.3 Å². The van der Waals surface area contributed by atoms with E-state index in [2.05, 4.69) is 5.32 Å². The molecule has 1 amide bonds. The van der Waals surface area contributed by atoms with Crippen LogP contribution in [0.2, 0.25) is 0 Å². The van der Waals surface area contributed by atoms with Crippen molar-refractivity contribution in [2.24, 2.45) is 0 Å². The van der Waals surface area contributed by atoms with Gasteiger partial charge in [-0.2, -0.15) is 0 Å². The van der Waals surface area contributed by atoms with Gasteiger partial charge in [-0.15, -0.1) is 0 Å². The lowest BCUT2D eigenvalue weighted by Crippen LogP contribution is -2.25. The number of rotatable bonds is 7. The van der Waals surface area contributed by atoms with Crippen molar-refractivity contribution in [1.82, 2.24) is 0 Å². The van der Waals surface area contributed by atoms with Gasteiger partial charge >= 0.3 is 5.97 Å². The predicted molar refractivity (Wildman–Crippen MR) is 109 cm³/mol. The van der Waals surface area contributed by atoms with Crippen LogP contribution in [0.25, 0.3) is 0 Å². The van der Waals surface area contributed by atoms with Crippen LogP contribution in [0, 0.1) is 0 Å².